The smallest absolute Gasteiger partial charge is 0.268 e. The van der Waals surface area contributed by atoms with E-state index in [1.54, 1.807) is 54.9 Å². The molecular weight excluding hydrogens is 358 g/mol. The number of carbonyl (C=O) groups excluding carboxylic acids is 2. The number of hydrogen-bond donors (Lipinski definition) is 2. The molecule has 0 aliphatic rings. The lowest BCUT2D eigenvalue weighted by Crippen LogP contribution is -2.34. The summed E-state index contributed by atoms with van der Waals surface area (Å²) in [5.74, 6) is 0.104. The van der Waals surface area contributed by atoms with Crippen LogP contribution < -0.4 is 15.4 Å². The Morgan fingerprint density at radius 1 is 1.18 bits per heavy atom. The number of nitrogens with one attached hydrogen (secondary N) is 2. The highest BCUT2D eigenvalue weighted by Gasteiger charge is 2.15. The molecule has 3 rings (SSSR count). The summed E-state index contributed by atoms with van der Waals surface area (Å²) in [6.07, 6.45) is 6.27. The van der Waals surface area contributed by atoms with E-state index in [1.807, 2.05) is 6.07 Å². The molecule has 1 aromatic carbocycles. The first-order valence-corrected chi connectivity index (χ1v) is 8.53. The van der Waals surface area contributed by atoms with E-state index >= 15 is 0 Å². The molecule has 3 aromatic rings. The Kier molecular flexibility index (Phi) is 6.20. The average Bonchev–Trinajstić information content (AvgIpc) is 3.25. The maximum atomic E-state index is 12.7. The van der Waals surface area contributed by atoms with Crippen molar-refractivity contribution in [2.75, 3.05) is 7.11 Å². The quantitative estimate of drug-likeness (QED) is 0.618. The highest BCUT2D eigenvalue weighted by atomic mass is 16.5. The number of carbonyl (C=O) groups is 2. The molecule has 28 heavy (non-hydrogen) atoms. The first kappa shape index (κ1) is 18.9. The summed E-state index contributed by atoms with van der Waals surface area (Å²) in [4.78, 5) is 29.3. The highest BCUT2D eigenvalue weighted by Crippen LogP contribution is 2.13. The van der Waals surface area contributed by atoms with Crippen LogP contribution in [0.25, 0.3) is 6.08 Å². The lowest BCUT2D eigenvalue weighted by Gasteiger charge is -2.11. The normalized spacial score (nSPS) is 11.0. The van der Waals surface area contributed by atoms with Crippen LogP contribution in [-0.4, -0.2) is 23.9 Å². The van der Waals surface area contributed by atoms with Gasteiger partial charge in [0.2, 0.25) is 0 Å². The first-order valence-electron chi connectivity index (χ1n) is 8.53. The lowest BCUT2D eigenvalue weighted by molar-refractivity contribution is -0.117. The predicted octanol–water partition coefficient (Wildman–Crippen LogP) is 2.77. The van der Waals surface area contributed by atoms with Crippen molar-refractivity contribution in [3.8, 4) is 5.75 Å². The van der Waals surface area contributed by atoms with E-state index in [9.17, 15) is 9.59 Å². The molecule has 0 saturated heterocycles. The van der Waals surface area contributed by atoms with Gasteiger partial charge in [-0.2, -0.15) is 0 Å². The van der Waals surface area contributed by atoms with E-state index in [4.69, 9.17) is 9.15 Å². The fourth-order valence-electron chi connectivity index (χ4n) is 2.41. The molecule has 0 unspecified atom stereocenters. The number of rotatable bonds is 7. The van der Waals surface area contributed by atoms with Gasteiger partial charge in [0.15, 0.2) is 0 Å². The molecule has 0 radical (unpaired) electrons. The Hall–Kier alpha value is -3.87. The average molecular weight is 377 g/mol. The summed E-state index contributed by atoms with van der Waals surface area (Å²) in [6, 6.07) is 13.7. The van der Waals surface area contributed by atoms with Gasteiger partial charge in [0.1, 0.15) is 17.2 Å². The van der Waals surface area contributed by atoms with Gasteiger partial charge in [-0.05, 0) is 42.0 Å². The third-order valence-corrected chi connectivity index (χ3v) is 3.83. The van der Waals surface area contributed by atoms with Gasteiger partial charge >= 0.3 is 0 Å². The number of aromatic nitrogens is 1. The summed E-state index contributed by atoms with van der Waals surface area (Å²) >= 11 is 0. The Bertz CT molecular complexity index is 966. The van der Waals surface area contributed by atoms with Crippen LogP contribution in [0.5, 0.6) is 5.75 Å². The molecule has 2 amide bonds. The van der Waals surface area contributed by atoms with Gasteiger partial charge in [-0.25, -0.2) is 0 Å². The SMILES string of the molecule is COc1cccc(C(=O)NC(=Cc2ccco2)C(=O)NCc2cccnc2)c1. The van der Waals surface area contributed by atoms with E-state index < -0.39 is 11.8 Å². The molecule has 2 N–H and O–H groups in total. The van der Waals surface area contributed by atoms with Crippen LogP contribution in [0, 0.1) is 0 Å². The molecule has 0 saturated carbocycles. The topological polar surface area (TPSA) is 93.5 Å². The van der Waals surface area contributed by atoms with Gasteiger partial charge in [-0.15, -0.1) is 0 Å². The zero-order valence-corrected chi connectivity index (χ0v) is 15.2. The molecule has 2 aromatic heterocycles. The molecule has 142 valence electrons. The van der Waals surface area contributed by atoms with Crippen molar-refractivity contribution in [1.82, 2.24) is 15.6 Å². The van der Waals surface area contributed by atoms with Crippen LogP contribution in [0.4, 0.5) is 0 Å². The van der Waals surface area contributed by atoms with Crippen molar-refractivity contribution in [2.45, 2.75) is 6.54 Å². The van der Waals surface area contributed by atoms with Gasteiger partial charge < -0.3 is 19.8 Å². The monoisotopic (exact) mass is 377 g/mol. The van der Waals surface area contributed by atoms with Gasteiger partial charge in [-0.1, -0.05) is 12.1 Å². The number of ether oxygens (including phenoxy) is 1. The highest BCUT2D eigenvalue weighted by molar-refractivity contribution is 6.05. The number of furan rings is 1. The number of methoxy groups -OCH3 is 1. The van der Waals surface area contributed by atoms with Crippen molar-refractivity contribution in [1.29, 1.82) is 0 Å². The van der Waals surface area contributed by atoms with Crippen molar-refractivity contribution in [2.24, 2.45) is 0 Å². The van der Waals surface area contributed by atoms with Crippen LogP contribution in [0.2, 0.25) is 0 Å². The van der Waals surface area contributed by atoms with E-state index in [-0.39, 0.29) is 12.2 Å². The fraction of sp³-hybridized carbons (Fsp3) is 0.0952. The zero-order chi connectivity index (χ0) is 19.8. The zero-order valence-electron chi connectivity index (χ0n) is 15.2. The molecule has 2 heterocycles. The second kappa shape index (κ2) is 9.18. The van der Waals surface area contributed by atoms with E-state index in [2.05, 4.69) is 15.6 Å². The van der Waals surface area contributed by atoms with Crippen LogP contribution >= 0.6 is 0 Å². The van der Waals surface area contributed by atoms with E-state index in [0.29, 0.717) is 17.1 Å². The van der Waals surface area contributed by atoms with E-state index in [0.717, 1.165) is 5.56 Å². The Morgan fingerprint density at radius 3 is 2.79 bits per heavy atom. The van der Waals surface area contributed by atoms with Crippen LogP contribution in [-0.2, 0) is 11.3 Å². The third-order valence-electron chi connectivity index (χ3n) is 3.83. The standard InChI is InChI=1S/C21H19N3O4/c1-27-17-7-2-6-16(11-17)20(25)24-19(12-18-8-4-10-28-18)21(26)23-14-15-5-3-9-22-13-15/h2-13H,14H2,1H3,(H,23,26)(H,24,25). The molecular formula is C21H19N3O4. The Morgan fingerprint density at radius 2 is 2.07 bits per heavy atom. The predicted molar refractivity (Wildman–Crippen MR) is 103 cm³/mol. The molecule has 7 heteroatoms. The van der Waals surface area contributed by atoms with E-state index in [1.165, 1.54) is 19.4 Å². The Balaban J connectivity index is 1.76. The minimum atomic E-state index is -0.448. The minimum absolute atomic E-state index is 0.0617. The number of benzene rings is 1. The first-order chi connectivity index (χ1) is 13.7. The van der Waals surface area contributed by atoms with Gasteiger partial charge in [0.25, 0.3) is 11.8 Å². The summed E-state index contributed by atoms with van der Waals surface area (Å²) in [7, 11) is 1.52. The lowest BCUT2D eigenvalue weighted by atomic mass is 10.2. The van der Waals surface area contributed by atoms with Crippen molar-refractivity contribution >= 4 is 17.9 Å². The summed E-state index contributed by atoms with van der Waals surface area (Å²) < 4.78 is 10.4. The third kappa shape index (κ3) is 5.07. The van der Waals surface area contributed by atoms with Crippen molar-refractivity contribution in [3.63, 3.8) is 0 Å². The molecule has 0 bridgehead atoms. The minimum Gasteiger partial charge on any atom is -0.497 e. The van der Waals surface area contributed by atoms with Crippen molar-refractivity contribution < 1.29 is 18.7 Å². The number of hydrogen-bond acceptors (Lipinski definition) is 5. The molecule has 0 atom stereocenters. The second-order valence-electron chi connectivity index (χ2n) is 5.80. The van der Waals surface area contributed by atoms with Crippen LogP contribution in [0.15, 0.2) is 77.3 Å². The van der Waals surface area contributed by atoms with Crippen LogP contribution in [0.3, 0.4) is 0 Å². The largest absolute Gasteiger partial charge is 0.497 e. The van der Waals surface area contributed by atoms with Gasteiger partial charge in [0.05, 0.1) is 13.4 Å². The number of amides is 2. The summed E-state index contributed by atoms with van der Waals surface area (Å²) in [5.41, 5.74) is 1.27. The molecule has 0 aliphatic carbocycles. The van der Waals surface area contributed by atoms with Gasteiger partial charge in [-0.3, -0.25) is 14.6 Å². The second-order valence-corrected chi connectivity index (χ2v) is 5.80. The molecule has 0 aliphatic heterocycles. The van der Waals surface area contributed by atoms with Gasteiger partial charge in [0, 0.05) is 30.6 Å². The Labute approximate surface area is 162 Å². The van der Waals surface area contributed by atoms with Crippen LogP contribution in [0.1, 0.15) is 21.7 Å². The molecule has 0 spiro atoms. The molecule has 0 fully saturated rings. The summed E-state index contributed by atoms with van der Waals surface area (Å²) in [6.45, 7) is 0.275. The molecule has 7 nitrogen and oxygen atoms in total. The fourth-order valence-corrected chi connectivity index (χ4v) is 2.41. The number of nitrogens with zero attached hydrogens (tertiary/aromatic N) is 1. The summed E-state index contributed by atoms with van der Waals surface area (Å²) in [5, 5.41) is 5.40. The van der Waals surface area contributed by atoms with Crippen molar-refractivity contribution in [3.05, 3.63) is 89.8 Å². The maximum absolute atomic E-state index is 12.7. The maximum Gasteiger partial charge on any atom is 0.268 e. The number of pyridine rings is 1.